The molecule has 6 heteroatoms. The van der Waals surface area contributed by atoms with Gasteiger partial charge in [0, 0.05) is 25.4 Å². The van der Waals surface area contributed by atoms with Crippen molar-refractivity contribution in [3.05, 3.63) is 36.5 Å². The number of hydrogen-bond acceptors (Lipinski definition) is 3. The summed E-state index contributed by atoms with van der Waals surface area (Å²) in [5.74, 6) is 0. The topological polar surface area (TPSA) is 79.2 Å². The highest BCUT2D eigenvalue weighted by Gasteiger charge is 2.22. The van der Waals surface area contributed by atoms with E-state index in [1.807, 2.05) is 51.1 Å². The molecule has 2 aromatic rings. The molecule has 0 spiro atoms. The number of amides is 2. The third-order valence-electron chi connectivity index (χ3n) is 3.58. The van der Waals surface area contributed by atoms with Gasteiger partial charge in [0.2, 0.25) is 0 Å². The molecule has 0 aliphatic carbocycles. The largest absolute Gasteiger partial charge is 0.391 e. The first kappa shape index (κ1) is 17.0. The lowest BCUT2D eigenvalue weighted by molar-refractivity contribution is 0.0654. The summed E-state index contributed by atoms with van der Waals surface area (Å²) in [6.07, 6.45) is 1.14. The van der Waals surface area contributed by atoms with Gasteiger partial charge in [0.05, 0.1) is 11.8 Å². The average Bonchev–Trinajstić information content (AvgIpc) is 2.85. The molecule has 23 heavy (non-hydrogen) atoms. The van der Waals surface area contributed by atoms with Crippen LogP contribution in [0.5, 0.6) is 0 Å². The van der Waals surface area contributed by atoms with Crippen molar-refractivity contribution in [3.8, 4) is 11.3 Å². The standard InChI is InChI=1S/C17H24N4O2/c1-17(2,3)14(22)10-18-16(23)19-13-11-21(4)20-15(13)12-8-6-5-7-9-12/h5-9,11,14,22H,10H2,1-4H3,(H2,18,19,23). The molecule has 0 radical (unpaired) electrons. The zero-order valence-corrected chi connectivity index (χ0v) is 14.0. The number of hydrogen-bond donors (Lipinski definition) is 3. The van der Waals surface area contributed by atoms with Crippen molar-refractivity contribution in [2.75, 3.05) is 11.9 Å². The van der Waals surface area contributed by atoms with E-state index in [1.54, 1.807) is 17.9 Å². The first-order chi connectivity index (χ1) is 10.8. The number of benzene rings is 1. The summed E-state index contributed by atoms with van der Waals surface area (Å²) < 4.78 is 1.65. The molecule has 1 aromatic heterocycles. The van der Waals surface area contributed by atoms with Crippen molar-refractivity contribution in [3.63, 3.8) is 0 Å². The Morgan fingerprint density at radius 3 is 2.57 bits per heavy atom. The lowest BCUT2D eigenvalue weighted by Crippen LogP contribution is -2.40. The fourth-order valence-electron chi connectivity index (χ4n) is 2.05. The maximum absolute atomic E-state index is 12.1. The van der Waals surface area contributed by atoms with Crippen LogP contribution in [0.15, 0.2) is 36.5 Å². The number of carbonyl (C=O) groups is 1. The molecule has 2 amide bonds. The molecule has 0 saturated heterocycles. The molecule has 1 heterocycles. The highest BCUT2D eigenvalue weighted by atomic mass is 16.3. The van der Waals surface area contributed by atoms with E-state index in [0.29, 0.717) is 11.4 Å². The lowest BCUT2D eigenvalue weighted by Gasteiger charge is -2.25. The third-order valence-corrected chi connectivity index (χ3v) is 3.58. The van der Waals surface area contributed by atoms with Gasteiger partial charge in [0.1, 0.15) is 5.69 Å². The highest BCUT2D eigenvalue weighted by molar-refractivity contribution is 5.93. The predicted molar refractivity (Wildman–Crippen MR) is 91.1 cm³/mol. The van der Waals surface area contributed by atoms with E-state index in [2.05, 4.69) is 15.7 Å². The summed E-state index contributed by atoms with van der Waals surface area (Å²) in [6.45, 7) is 5.96. The SMILES string of the molecule is Cn1cc(NC(=O)NCC(O)C(C)(C)C)c(-c2ccccc2)n1. The van der Waals surface area contributed by atoms with E-state index in [-0.39, 0.29) is 18.0 Å². The summed E-state index contributed by atoms with van der Waals surface area (Å²) in [5, 5.41) is 19.9. The number of urea groups is 1. The van der Waals surface area contributed by atoms with Crippen LogP contribution in [-0.4, -0.2) is 33.6 Å². The van der Waals surface area contributed by atoms with E-state index in [4.69, 9.17) is 0 Å². The van der Waals surface area contributed by atoms with E-state index in [9.17, 15) is 9.90 Å². The van der Waals surface area contributed by atoms with Crippen molar-refractivity contribution in [1.29, 1.82) is 0 Å². The van der Waals surface area contributed by atoms with Gasteiger partial charge in [0.15, 0.2) is 0 Å². The molecule has 0 aliphatic rings. The Morgan fingerprint density at radius 1 is 1.30 bits per heavy atom. The van der Waals surface area contributed by atoms with Crippen molar-refractivity contribution in [2.45, 2.75) is 26.9 Å². The average molecular weight is 316 g/mol. The highest BCUT2D eigenvalue weighted by Crippen LogP contribution is 2.25. The van der Waals surface area contributed by atoms with Crippen molar-refractivity contribution in [1.82, 2.24) is 15.1 Å². The maximum atomic E-state index is 12.1. The molecule has 124 valence electrons. The van der Waals surface area contributed by atoms with Crippen LogP contribution in [0.3, 0.4) is 0 Å². The summed E-state index contributed by atoms with van der Waals surface area (Å²) in [4.78, 5) is 12.1. The zero-order valence-electron chi connectivity index (χ0n) is 14.0. The Kier molecular flexibility index (Phi) is 5.05. The Hall–Kier alpha value is -2.34. The van der Waals surface area contributed by atoms with Gasteiger partial charge in [0.25, 0.3) is 0 Å². The summed E-state index contributed by atoms with van der Waals surface area (Å²) in [7, 11) is 1.80. The number of aromatic nitrogens is 2. The minimum absolute atomic E-state index is 0.191. The smallest absolute Gasteiger partial charge is 0.319 e. The second kappa shape index (κ2) is 6.83. The molecule has 0 bridgehead atoms. The van der Waals surface area contributed by atoms with Crippen LogP contribution in [0.4, 0.5) is 10.5 Å². The van der Waals surface area contributed by atoms with Crippen LogP contribution in [0.1, 0.15) is 20.8 Å². The van der Waals surface area contributed by atoms with Gasteiger partial charge in [-0.15, -0.1) is 0 Å². The van der Waals surface area contributed by atoms with Gasteiger partial charge in [-0.25, -0.2) is 4.79 Å². The molecule has 6 nitrogen and oxygen atoms in total. The van der Waals surface area contributed by atoms with Crippen molar-refractivity contribution in [2.24, 2.45) is 12.5 Å². The molecule has 0 fully saturated rings. The summed E-state index contributed by atoms with van der Waals surface area (Å²) in [6, 6.07) is 9.30. The number of rotatable bonds is 4. The Balaban J connectivity index is 2.05. The quantitative estimate of drug-likeness (QED) is 0.811. The van der Waals surface area contributed by atoms with Crippen LogP contribution in [0.25, 0.3) is 11.3 Å². The van der Waals surface area contributed by atoms with Crippen LogP contribution >= 0.6 is 0 Å². The zero-order chi connectivity index (χ0) is 17.0. The van der Waals surface area contributed by atoms with E-state index in [0.717, 1.165) is 5.56 Å². The Labute approximate surface area is 136 Å². The molecule has 2 rings (SSSR count). The molecule has 1 atom stereocenters. The summed E-state index contributed by atoms with van der Waals surface area (Å²) in [5.41, 5.74) is 1.98. The molecular formula is C17H24N4O2. The number of aliphatic hydroxyl groups excluding tert-OH is 1. The van der Waals surface area contributed by atoms with Gasteiger partial charge < -0.3 is 15.7 Å². The van der Waals surface area contributed by atoms with Gasteiger partial charge in [-0.05, 0) is 5.41 Å². The normalized spacial score (nSPS) is 12.7. The molecule has 3 N–H and O–H groups in total. The molecular weight excluding hydrogens is 292 g/mol. The van der Waals surface area contributed by atoms with Crippen LogP contribution in [-0.2, 0) is 7.05 Å². The van der Waals surface area contributed by atoms with Crippen LogP contribution in [0, 0.1) is 5.41 Å². The van der Waals surface area contributed by atoms with Crippen molar-refractivity contribution < 1.29 is 9.90 Å². The number of aryl methyl sites for hydroxylation is 1. The predicted octanol–water partition coefficient (Wildman–Crippen LogP) is 2.62. The maximum Gasteiger partial charge on any atom is 0.319 e. The van der Waals surface area contributed by atoms with Gasteiger partial charge >= 0.3 is 6.03 Å². The van der Waals surface area contributed by atoms with Gasteiger partial charge in [-0.1, -0.05) is 51.1 Å². The van der Waals surface area contributed by atoms with Crippen LogP contribution in [0.2, 0.25) is 0 Å². The monoisotopic (exact) mass is 316 g/mol. The number of aliphatic hydroxyl groups is 1. The number of carbonyl (C=O) groups excluding carboxylic acids is 1. The minimum atomic E-state index is -0.615. The van der Waals surface area contributed by atoms with Gasteiger partial charge in [-0.2, -0.15) is 5.10 Å². The van der Waals surface area contributed by atoms with Crippen LogP contribution < -0.4 is 10.6 Å². The molecule has 1 unspecified atom stereocenters. The number of nitrogens with zero attached hydrogens (tertiary/aromatic N) is 2. The Morgan fingerprint density at radius 2 is 1.96 bits per heavy atom. The first-order valence-electron chi connectivity index (χ1n) is 7.59. The number of anilines is 1. The fraction of sp³-hybridized carbons (Fsp3) is 0.412. The lowest BCUT2D eigenvalue weighted by atomic mass is 9.89. The fourth-order valence-corrected chi connectivity index (χ4v) is 2.05. The number of nitrogens with one attached hydrogen (secondary N) is 2. The molecule has 0 saturated carbocycles. The second-order valence-corrected chi connectivity index (χ2v) is 6.65. The van der Waals surface area contributed by atoms with Gasteiger partial charge in [-0.3, -0.25) is 4.68 Å². The molecule has 1 aromatic carbocycles. The third kappa shape index (κ3) is 4.56. The first-order valence-corrected chi connectivity index (χ1v) is 7.59. The van der Waals surface area contributed by atoms with E-state index in [1.165, 1.54) is 0 Å². The van der Waals surface area contributed by atoms with E-state index < -0.39 is 6.10 Å². The second-order valence-electron chi connectivity index (χ2n) is 6.65. The Bertz CT molecular complexity index is 659. The molecule has 0 aliphatic heterocycles. The van der Waals surface area contributed by atoms with E-state index >= 15 is 0 Å². The van der Waals surface area contributed by atoms with Crippen molar-refractivity contribution >= 4 is 11.7 Å². The minimum Gasteiger partial charge on any atom is -0.391 e. The summed E-state index contributed by atoms with van der Waals surface area (Å²) >= 11 is 0.